The Morgan fingerprint density at radius 1 is 1.40 bits per heavy atom. The number of hydrogen-bond acceptors (Lipinski definition) is 4. The van der Waals surface area contributed by atoms with E-state index in [0.717, 1.165) is 5.69 Å². The van der Waals surface area contributed by atoms with Gasteiger partial charge in [0, 0.05) is 39.0 Å². The van der Waals surface area contributed by atoms with Gasteiger partial charge in [0.2, 0.25) is 5.82 Å². The zero-order valence-corrected chi connectivity index (χ0v) is 8.93. The van der Waals surface area contributed by atoms with Crippen LogP contribution in [0.1, 0.15) is 17.5 Å². The smallest absolute Gasteiger partial charge is 0.204 e. The number of carbonyl (C=O) groups is 1. The third kappa shape index (κ3) is 1.56. The van der Waals surface area contributed by atoms with Crippen molar-refractivity contribution in [2.24, 2.45) is 0 Å². The van der Waals surface area contributed by atoms with Crippen LogP contribution in [0.25, 0.3) is 5.65 Å². The monoisotopic (exact) mass is 204 g/mol. The maximum Gasteiger partial charge on any atom is 0.204 e. The van der Waals surface area contributed by atoms with Crippen molar-refractivity contribution in [3.05, 3.63) is 24.2 Å². The summed E-state index contributed by atoms with van der Waals surface area (Å²) in [7, 11) is 3.90. The molecule has 0 aromatic carbocycles. The molecule has 0 saturated carbocycles. The molecule has 2 aromatic heterocycles. The first-order valence-corrected chi connectivity index (χ1v) is 4.62. The third-order valence-electron chi connectivity index (χ3n) is 2.22. The van der Waals surface area contributed by atoms with Crippen LogP contribution in [0.15, 0.2) is 18.3 Å². The summed E-state index contributed by atoms with van der Waals surface area (Å²) in [4.78, 5) is 13.2. The minimum atomic E-state index is -0.0832. The number of ketones is 1. The molecule has 0 bridgehead atoms. The van der Waals surface area contributed by atoms with E-state index in [4.69, 9.17) is 0 Å². The number of Topliss-reactive ketones (excluding diaryl/α,β-unsaturated/α-hetero) is 1. The highest BCUT2D eigenvalue weighted by atomic mass is 16.1. The first kappa shape index (κ1) is 9.64. The Morgan fingerprint density at radius 3 is 2.73 bits per heavy atom. The van der Waals surface area contributed by atoms with E-state index in [1.54, 1.807) is 10.6 Å². The van der Waals surface area contributed by atoms with Crippen molar-refractivity contribution in [3.8, 4) is 0 Å². The molecule has 0 atom stereocenters. The zero-order valence-electron chi connectivity index (χ0n) is 8.93. The van der Waals surface area contributed by atoms with Crippen LogP contribution in [-0.2, 0) is 0 Å². The SMILES string of the molecule is CC(=O)c1nnc2cc(N(C)C)ccn12. The molecule has 5 nitrogen and oxygen atoms in total. The number of carbonyl (C=O) groups excluding carboxylic acids is 1. The Labute approximate surface area is 87.3 Å². The van der Waals surface area contributed by atoms with Gasteiger partial charge in [-0.25, -0.2) is 0 Å². The number of anilines is 1. The van der Waals surface area contributed by atoms with Crippen molar-refractivity contribution < 1.29 is 4.79 Å². The lowest BCUT2D eigenvalue weighted by Gasteiger charge is -2.11. The molecule has 0 aliphatic carbocycles. The second-order valence-corrected chi connectivity index (χ2v) is 3.59. The van der Waals surface area contributed by atoms with E-state index in [1.807, 2.05) is 31.1 Å². The highest BCUT2D eigenvalue weighted by molar-refractivity contribution is 5.91. The average Bonchev–Trinajstić information content (AvgIpc) is 2.59. The molecule has 2 aromatic rings. The van der Waals surface area contributed by atoms with Crippen molar-refractivity contribution in [2.75, 3.05) is 19.0 Å². The minimum absolute atomic E-state index is 0.0832. The Morgan fingerprint density at radius 2 is 2.13 bits per heavy atom. The van der Waals surface area contributed by atoms with Crippen molar-refractivity contribution in [1.29, 1.82) is 0 Å². The standard InChI is InChI=1S/C10H12N4O/c1-7(15)10-12-11-9-6-8(13(2)3)4-5-14(9)10/h4-6H,1-3H3. The first-order chi connectivity index (χ1) is 7.09. The molecule has 0 aliphatic heterocycles. The van der Waals surface area contributed by atoms with Crippen LogP contribution in [0, 0.1) is 0 Å². The number of aromatic nitrogens is 3. The van der Waals surface area contributed by atoms with Crippen molar-refractivity contribution in [2.45, 2.75) is 6.92 Å². The Hall–Kier alpha value is -1.91. The molecular formula is C10H12N4O. The largest absolute Gasteiger partial charge is 0.378 e. The average molecular weight is 204 g/mol. The molecule has 0 unspecified atom stereocenters. The van der Waals surface area contributed by atoms with Gasteiger partial charge in [-0.15, -0.1) is 10.2 Å². The second kappa shape index (κ2) is 3.34. The van der Waals surface area contributed by atoms with Crippen LogP contribution >= 0.6 is 0 Å². The molecular weight excluding hydrogens is 192 g/mol. The van der Waals surface area contributed by atoms with Crippen LogP contribution in [-0.4, -0.2) is 34.5 Å². The highest BCUT2D eigenvalue weighted by Crippen LogP contribution is 2.14. The van der Waals surface area contributed by atoms with Crippen molar-refractivity contribution in [3.63, 3.8) is 0 Å². The molecule has 0 N–H and O–H groups in total. The van der Waals surface area contributed by atoms with E-state index in [0.29, 0.717) is 11.5 Å². The summed E-state index contributed by atoms with van der Waals surface area (Å²) < 4.78 is 1.69. The van der Waals surface area contributed by atoms with E-state index >= 15 is 0 Å². The predicted molar refractivity (Wildman–Crippen MR) is 57.3 cm³/mol. The Kier molecular flexibility index (Phi) is 2.15. The van der Waals surface area contributed by atoms with Crippen molar-refractivity contribution >= 4 is 17.1 Å². The molecule has 5 heteroatoms. The lowest BCUT2D eigenvalue weighted by molar-refractivity contribution is 0.100. The summed E-state index contributed by atoms with van der Waals surface area (Å²) in [6.45, 7) is 1.48. The van der Waals surface area contributed by atoms with Gasteiger partial charge in [0.15, 0.2) is 11.4 Å². The molecule has 0 aliphatic rings. The number of fused-ring (bicyclic) bond motifs is 1. The predicted octanol–water partition coefficient (Wildman–Crippen LogP) is 0.998. The third-order valence-corrected chi connectivity index (χ3v) is 2.22. The van der Waals surface area contributed by atoms with Crippen molar-refractivity contribution in [1.82, 2.24) is 14.6 Å². The lowest BCUT2D eigenvalue weighted by Crippen LogP contribution is -2.09. The summed E-state index contributed by atoms with van der Waals surface area (Å²) in [5, 5.41) is 7.79. The molecule has 2 heterocycles. The van der Waals surface area contributed by atoms with Crippen LogP contribution in [0.2, 0.25) is 0 Å². The van der Waals surface area contributed by atoms with Gasteiger partial charge in [0.1, 0.15) is 0 Å². The fourth-order valence-corrected chi connectivity index (χ4v) is 1.40. The summed E-state index contributed by atoms with van der Waals surface area (Å²) >= 11 is 0. The van der Waals surface area contributed by atoms with Gasteiger partial charge >= 0.3 is 0 Å². The molecule has 0 radical (unpaired) electrons. The molecule has 78 valence electrons. The van der Waals surface area contributed by atoms with E-state index in [2.05, 4.69) is 10.2 Å². The normalized spacial score (nSPS) is 10.6. The van der Waals surface area contributed by atoms with Gasteiger partial charge in [-0.2, -0.15) is 0 Å². The van der Waals surface area contributed by atoms with E-state index < -0.39 is 0 Å². The van der Waals surface area contributed by atoms with Crippen LogP contribution < -0.4 is 4.90 Å². The summed E-state index contributed by atoms with van der Waals surface area (Å²) in [6.07, 6.45) is 1.81. The second-order valence-electron chi connectivity index (χ2n) is 3.59. The minimum Gasteiger partial charge on any atom is -0.378 e. The fourth-order valence-electron chi connectivity index (χ4n) is 1.40. The number of hydrogen-bond donors (Lipinski definition) is 0. The van der Waals surface area contributed by atoms with Gasteiger partial charge in [-0.05, 0) is 6.07 Å². The number of rotatable bonds is 2. The zero-order chi connectivity index (χ0) is 11.0. The van der Waals surface area contributed by atoms with Crippen LogP contribution in [0.5, 0.6) is 0 Å². The van der Waals surface area contributed by atoms with E-state index in [-0.39, 0.29) is 5.78 Å². The maximum absolute atomic E-state index is 11.2. The quantitative estimate of drug-likeness (QED) is 0.685. The lowest BCUT2D eigenvalue weighted by atomic mass is 10.3. The molecule has 0 spiro atoms. The molecule has 2 rings (SSSR count). The Balaban J connectivity index is 2.61. The highest BCUT2D eigenvalue weighted by Gasteiger charge is 2.09. The van der Waals surface area contributed by atoms with Gasteiger partial charge in [-0.3, -0.25) is 9.20 Å². The van der Waals surface area contributed by atoms with Gasteiger partial charge < -0.3 is 4.90 Å². The van der Waals surface area contributed by atoms with Gasteiger partial charge in [0.25, 0.3) is 0 Å². The summed E-state index contributed by atoms with van der Waals surface area (Å²) in [5.41, 5.74) is 1.72. The fraction of sp³-hybridized carbons (Fsp3) is 0.300. The van der Waals surface area contributed by atoms with E-state index in [1.165, 1.54) is 6.92 Å². The number of pyridine rings is 1. The number of nitrogens with zero attached hydrogens (tertiary/aromatic N) is 4. The van der Waals surface area contributed by atoms with Gasteiger partial charge in [0.05, 0.1) is 0 Å². The van der Waals surface area contributed by atoms with E-state index in [9.17, 15) is 4.79 Å². The summed E-state index contributed by atoms with van der Waals surface area (Å²) in [6, 6.07) is 3.81. The molecule has 0 amide bonds. The topological polar surface area (TPSA) is 50.5 Å². The Bertz CT molecular complexity index is 515. The molecule has 0 saturated heterocycles. The molecule has 0 fully saturated rings. The maximum atomic E-state index is 11.2. The molecule has 15 heavy (non-hydrogen) atoms. The summed E-state index contributed by atoms with van der Waals surface area (Å²) in [5.74, 6) is 0.287. The van der Waals surface area contributed by atoms with Crippen LogP contribution in [0.3, 0.4) is 0 Å². The first-order valence-electron chi connectivity index (χ1n) is 4.62. The van der Waals surface area contributed by atoms with Crippen LogP contribution in [0.4, 0.5) is 5.69 Å². The van der Waals surface area contributed by atoms with Gasteiger partial charge in [-0.1, -0.05) is 0 Å².